The summed E-state index contributed by atoms with van der Waals surface area (Å²) in [4.78, 5) is 7.72. The Morgan fingerprint density at radius 3 is 3.07 bits per heavy atom. The van der Waals surface area contributed by atoms with Gasteiger partial charge >= 0.3 is 0 Å². The summed E-state index contributed by atoms with van der Waals surface area (Å²) in [5, 5.41) is 3.51. The van der Waals surface area contributed by atoms with E-state index in [1.54, 1.807) is 7.11 Å². The summed E-state index contributed by atoms with van der Waals surface area (Å²) in [5.74, 6) is 0.727. The highest BCUT2D eigenvalue weighted by atomic mass is 35.5. The molecule has 1 aromatic rings. The van der Waals surface area contributed by atoms with Crippen LogP contribution in [0.15, 0.2) is 6.20 Å². The summed E-state index contributed by atoms with van der Waals surface area (Å²) in [6.07, 6.45) is 1.46. The van der Waals surface area contributed by atoms with E-state index in [1.807, 2.05) is 6.92 Å². The number of nitrogen functional groups attached to an aromatic ring is 1. The highest BCUT2D eigenvalue weighted by Crippen LogP contribution is 2.18. The molecular formula is C8H13ClN4O. The molecule has 0 saturated carbocycles. The van der Waals surface area contributed by atoms with Crippen molar-refractivity contribution in [2.24, 2.45) is 0 Å². The maximum absolute atomic E-state index is 5.86. The standard InChI is InChI=1S/C8H13ClN4O/c1-5(4-14-2)12-7-6(9)3-11-8(10)13-7/h3,5H,4H2,1-2H3,(H3,10,11,12,13). The van der Waals surface area contributed by atoms with Crippen LogP contribution in [-0.2, 0) is 4.74 Å². The van der Waals surface area contributed by atoms with Crippen LogP contribution in [0.1, 0.15) is 6.92 Å². The topological polar surface area (TPSA) is 73.1 Å². The molecule has 1 atom stereocenters. The van der Waals surface area contributed by atoms with E-state index in [9.17, 15) is 0 Å². The summed E-state index contributed by atoms with van der Waals surface area (Å²) >= 11 is 5.86. The van der Waals surface area contributed by atoms with Crippen LogP contribution < -0.4 is 11.1 Å². The van der Waals surface area contributed by atoms with Crippen molar-refractivity contribution < 1.29 is 4.74 Å². The Hall–Kier alpha value is -1.07. The number of aromatic nitrogens is 2. The molecule has 1 rings (SSSR count). The molecule has 5 nitrogen and oxygen atoms in total. The maximum Gasteiger partial charge on any atom is 0.222 e. The van der Waals surface area contributed by atoms with Crippen molar-refractivity contribution >= 4 is 23.4 Å². The highest BCUT2D eigenvalue weighted by molar-refractivity contribution is 6.32. The molecular weight excluding hydrogens is 204 g/mol. The van der Waals surface area contributed by atoms with E-state index in [0.29, 0.717) is 17.4 Å². The van der Waals surface area contributed by atoms with Gasteiger partial charge in [-0.3, -0.25) is 0 Å². The molecule has 78 valence electrons. The third kappa shape index (κ3) is 3.01. The number of methoxy groups -OCH3 is 1. The lowest BCUT2D eigenvalue weighted by molar-refractivity contribution is 0.190. The van der Waals surface area contributed by atoms with Gasteiger partial charge in [0, 0.05) is 13.2 Å². The fourth-order valence-corrected chi connectivity index (χ4v) is 1.15. The molecule has 6 heteroatoms. The van der Waals surface area contributed by atoms with Gasteiger partial charge in [-0.2, -0.15) is 4.98 Å². The molecule has 14 heavy (non-hydrogen) atoms. The van der Waals surface area contributed by atoms with Crippen LogP contribution in [0.5, 0.6) is 0 Å². The molecule has 0 saturated heterocycles. The fourth-order valence-electron chi connectivity index (χ4n) is 1.01. The molecule has 0 aliphatic heterocycles. The molecule has 0 fully saturated rings. The molecule has 0 aliphatic rings. The van der Waals surface area contributed by atoms with E-state index in [1.165, 1.54) is 6.20 Å². The second kappa shape index (κ2) is 4.97. The molecule has 1 heterocycles. The smallest absolute Gasteiger partial charge is 0.222 e. The first kappa shape index (κ1) is 11.0. The van der Waals surface area contributed by atoms with Crippen molar-refractivity contribution in [2.75, 3.05) is 24.8 Å². The maximum atomic E-state index is 5.86. The SMILES string of the molecule is COCC(C)Nc1nc(N)ncc1Cl. The van der Waals surface area contributed by atoms with E-state index >= 15 is 0 Å². The number of hydrogen-bond donors (Lipinski definition) is 2. The van der Waals surface area contributed by atoms with Gasteiger partial charge in [0.2, 0.25) is 5.95 Å². The quantitative estimate of drug-likeness (QED) is 0.790. The summed E-state index contributed by atoms with van der Waals surface area (Å²) in [6, 6.07) is 0.117. The van der Waals surface area contributed by atoms with Gasteiger partial charge in [-0.1, -0.05) is 11.6 Å². The van der Waals surface area contributed by atoms with Crippen molar-refractivity contribution in [3.05, 3.63) is 11.2 Å². The van der Waals surface area contributed by atoms with Gasteiger partial charge in [-0.25, -0.2) is 4.98 Å². The third-order valence-electron chi connectivity index (χ3n) is 1.56. The number of nitrogens with one attached hydrogen (secondary N) is 1. The minimum absolute atomic E-state index is 0.117. The highest BCUT2D eigenvalue weighted by Gasteiger charge is 2.07. The van der Waals surface area contributed by atoms with E-state index in [0.717, 1.165) is 0 Å². The van der Waals surface area contributed by atoms with E-state index in [-0.39, 0.29) is 12.0 Å². The first-order valence-electron chi connectivity index (χ1n) is 4.17. The fraction of sp³-hybridized carbons (Fsp3) is 0.500. The van der Waals surface area contributed by atoms with Crippen molar-refractivity contribution in [1.29, 1.82) is 0 Å². The molecule has 0 amide bonds. The minimum atomic E-state index is 0.117. The number of hydrogen-bond acceptors (Lipinski definition) is 5. The average molecular weight is 217 g/mol. The second-order valence-electron chi connectivity index (χ2n) is 2.93. The third-order valence-corrected chi connectivity index (χ3v) is 1.84. The Morgan fingerprint density at radius 1 is 1.71 bits per heavy atom. The van der Waals surface area contributed by atoms with Crippen LogP contribution in [0.4, 0.5) is 11.8 Å². The molecule has 0 aromatic carbocycles. The van der Waals surface area contributed by atoms with E-state index < -0.39 is 0 Å². The normalized spacial score (nSPS) is 12.5. The van der Waals surface area contributed by atoms with Gasteiger partial charge in [0.15, 0.2) is 5.82 Å². The van der Waals surface area contributed by atoms with Gasteiger partial charge < -0.3 is 15.8 Å². The summed E-state index contributed by atoms with van der Waals surface area (Å²) in [5.41, 5.74) is 5.43. The van der Waals surface area contributed by atoms with Crippen LogP contribution in [0.3, 0.4) is 0 Å². The van der Waals surface area contributed by atoms with Gasteiger partial charge in [-0.05, 0) is 6.92 Å². The van der Waals surface area contributed by atoms with Crippen molar-refractivity contribution in [3.8, 4) is 0 Å². The summed E-state index contributed by atoms with van der Waals surface area (Å²) in [6.45, 7) is 2.53. The van der Waals surface area contributed by atoms with Gasteiger partial charge in [0.25, 0.3) is 0 Å². The van der Waals surface area contributed by atoms with E-state index in [2.05, 4.69) is 15.3 Å². The summed E-state index contributed by atoms with van der Waals surface area (Å²) < 4.78 is 4.97. The molecule has 0 aliphatic carbocycles. The number of nitrogens with two attached hydrogens (primary N) is 1. The zero-order valence-corrected chi connectivity index (χ0v) is 8.88. The van der Waals surface area contributed by atoms with Crippen LogP contribution in [0.2, 0.25) is 5.02 Å². The number of anilines is 2. The Kier molecular flexibility index (Phi) is 3.91. The van der Waals surface area contributed by atoms with Crippen LogP contribution in [0, 0.1) is 0 Å². The largest absolute Gasteiger partial charge is 0.383 e. The zero-order chi connectivity index (χ0) is 10.6. The molecule has 1 unspecified atom stereocenters. The molecule has 1 aromatic heterocycles. The predicted molar refractivity (Wildman–Crippen MR) is 56.4 cm³/mol. The Bertz CT molecular complexity index is 307. The van der Waals surface area contributed by atoms with Crippen molar-refractivity contribution in [2.45, 2.75) is 13.0 Å². The monoisotopic (exact) mass is 216 g/mol. The average Bonchev–Trinajstić information content (AvgIpc) is 2.12. The van der Waals surface area contributed by atoms with Crippen LogP contribution in [-0.4, -0.2) is 29.7 Å². The lowest BCUT2D eigenvalue weighted by Crippen LogP contribution is -2.22. The molecule has 0 bridgehead atoms. The lowest BCUT2D eigenvalue weighted by atomic mass is 10.3. The van der Waals surface area contributed by atoms with Crippen molar-refractivity contribution in [1.82, 2.24) is 9.97 Å². The molecule has 0 spiro atoms. The Morgan fingerprint density at radius 2 is 2.43 bits per heavy atom. The summed E-state index contributed by atoms with van der Waals surface area (Å²) in [7, 11) is 1.63. The number of ether oxygens (including phenoxy) is 1. The Labute approximate surface area is 87.6 Å². The van der Waals surface area contributed by atoms with Gasteiger partial charge in [0.05, 0.1) is 12.8 Å². The number of halogens is 1. The molecule has 0 radical (unpaired) electrons. The van der Waals surface area contributed by atoms with Gasteiger partial charge in [-0.15, -0.1) is 0 Å². The first-order valence-corrected chi connectivity index (χ1v) is 4.54. The lowest BCUT2D eigenvalue weighted by Gasteiger charge is -2.14. The van der Waals surface area contributed by atoms with Gasteiger partial charge in [0.1, 0.15) is 5.02 Å². The molecule has 3 N–H and O–H groups in total. The second-order valence-corrected chi connectivity index (χ2v) is 3.33. The number of rotatable bonds is 4. The predicted octanol–water partition coefficient (Wildman–Crippen LogP) is 1.16. The van der Waals surface area contributed by atoms with Crippen molar-refractivity contribution in [3.63, 3.8) is 0 Å². The first-order chi connectivity index (χ1) is 6.63. The van der Waals surface area contributed by atoms with Crippen LogP contribution in [0.25, 0.3) is 0 Å². The van der Waals surface area contributed by atoms with E-state index in [4.69, 9.17) is 22.1 Å². The Balaban J connectivity index is 2.70. The number of nitrogens with zero attached hydrogens (tertiary/aromatic N) is 2. The zero-order valence-electron chi connectivity index (χ0n) is 8.12. The van der Waals surface area contributed by atoms with Crippen LogP contribution >= 0.6 is 11.6 Å². The minimum Gasteiger partial charge on any atom is -0.383 e.